The molecule has 0 saturated heterocycles. The van der Waals surface area contributed by atoms with Gasteiger partial charge >= 0.3 is 5.69 Å². The van der Waals surface area contributed by atoms with Crippen molar-refractivity contribution in [3.63, 3.8) is 0 Å². The zero-order valence-electron chi connectivity index (χ0n) is 23.6. The number of hydrogen-bond acceptors (Lipinski definition) is 7. The lowest BCUT2D eigenvalue weighted by Gasteiger charge is -2.15. The molecule has 0 aliphatic rings. The van der Waals surface area contributed by atoms with Gasteiger partial charge in [0.05, 0.1) is 5.69 Å². The van der Waals surface area contributed by atoms with Crippen LogP contribution < -0.4 is 27.0 Å². The first-order chi connectivity index (χ1) is 20.0. The molecule has 11 nitrogen and oxygen atoms in total. The van der Waals surface area contributed by atoms with Gasteiger partial charge in [-0.3, -0.25) is 19.0 Å². The molecule has 0 spiro atoms. The summed E-state index contributed by atoms with van der Waals surface area (Å²) in [6.07, 6.45) is 2.36. The van der Waals surface area contributed by atoms with E-state index in [4.69, 9.17) is 10.5 Å². The van der Waals surface area contributed by atoms with Gasteiger partial charge in [0.25, 0.3) is 11.5 Å². The Morgan fingerprint density at radius 3 is 2.31 bits per heavy atom. The standard InChI is InChI=1S/C27H24F2N6O5.C2H6/c1-15-21(10-11-31-24(15)30)40-22-9-6-17(12-20(22)29)32-25(37)19-13-34(14-23(36)33(2)3)27(39)35(26(19)38)18-7-4-16(28)5-8-18;1-2/h4-13H,14H2,1-3H3,(H2,30,31)(H,32,37);1-2H3. The third-order valence-corrected chi connectivity index (χ3v) is 5.89. The Bertz CT molecular complexity index is 1730. The second-order valence-corrected chi connectivity index (χ2v) is 8.88. The second kappa shape index (κ2) is 13.4. The van der Waals surface area contributed by atoms with Crippen LogP contribution in [0.25, 0.3) is 5.69 Å². The number of ether oxygens (including phenoxy) is 1. The quantitative estimate of drug-likeness (QED) is 0.339. The highest BCUT2D eigenvalue weighted by Gasteiger charge is 2.21. The lowest BCUT2D eigenvalue weighted by Crippen LogP contribution is -2.44. The first kappa shape index (κ1) is 31.2. The highest BCUT2D eigenvalue weighted by atomic mass is 19.1. The number of carbonyl (C=O) groups excluding carboxylic acids is 2. The van der Waals surface area contributed by atoms with Gasteiger partial charge < -0.3 is 20.7 Å². The van der Waals surface area contributed by atoms with Gasteiger partial charge in [0.1, 0.15) is 29.5 Å². The summed E-state index contributed by atoms with van der Waals surface area (Å²) in [5, 5.41) is 2.41. The average molecular weight is 581 g/mol. The van der Waals surface area contributed by atoms with E-state index < -0.39 is 46.8 Å². The Morgan fingerprint density at radius 1 is 1.02 bits per heavy atom. The third-order valence-electron chi connectivity index (χ3n) is 5.89. The van der Waals surface area contributed by atoms with Crippen molar-refractivity contribution in [1.82, 2.24) is 19.0 Å². The van der Waals surface area contributed by atoms with Crippen LogP contribution in [-0.2, 0) is 11.3 Å². The summed E-state index contributed by atoms with van der Waals surface area (Å²) < 4.78 is 35.5. The summed E-state index contributed by atoms with van der Waals surface area (Å²) in [7, 11) is 2.95. The SMILES string of the molecule is CC.Cc1c(Oc2ccc(NC(=O)c3cn(CC(=O)N(C)C)c(=O)n(-c4ccc(F)cc4)c3=O)cc2F)ccnc1N. The molecule has 42 heavy (non-hydrogen) atoms. The predicted molar refractivity (Wildman–Crippen MR) is 154 cm³/mol. The molecule has 0 bridgehead atoms. The predicted octanol–water partition coefficient (Wildman–Crippen LogP) is 3.72. The number of halogens is 2. The molecule has 2 amide bonds. The molecule has 0 unspecified atom stereocenters. The van der Waals surface area contributed by atoms with E-state index >= 15 is 0 Å². The zero-order valence-corrected chi connectivity index (χ0v) is 23.6. The smallest absolute Gasteiger partial charge is 0.336 e. The van der Waals surface area contributed by atoms with E-state index in [1.165, 1.54) is 55.5 Å². The van der Waals surface area contributed by atoms with Gasteiger partial charge in [0.15, 0.2) is 11.6 Å². The zero-order chi connectivity index (χ0) is 31.1. The summed E-state index contributed by atoms with van der Waals surface area (Å²) >= 11 is 0. The number of likely N-dealkylation sites (N-methyl/N-ethyl adjacent to an activating group) is 1. The molecule has 4 aromatic rings. The Hall–Kier alpha value is -5.33. The van der Waals surface area contributed by atoms with Crippen LogP contribution in [-0.4, -0.2) is 44.9 Å². The Morgan fingerprint density at radius 2 is 1.69 bits per heavy atom. The van der Waals surface area contributed by atoms with Crippen LogP contribution in [0.1, 0.15) is 29.8 Å². The highest BCUT2D eigenvalue weighted by molar-refractivity contribution is 6.04. The number of rotatable bonds is 7. The van der Waals surface area contributed by atoms with Crippen molar-refractivity contribution in [2.24, 2.45) is 0 Å². The van der Waals surface area contributed by atoms with Crippen LogP contribution in [0, 0.1) is 18.6 Å². The molecule has 220 valence electrons. The Kier molecular flexibility index (Phi) is 9.92. The van der Waals surface area contributed by atoms with Crippen molar-refractivity contribution in [2.45, 2.75) is 27.3 Å². The summed E-state index contributed by atoms with van der Waals surface area (Å²) in [6.45, 7) is 5.18. The number of nitrogens with two attached hydrogens (primary N) is 1. The summed E-state index contributed by atoms with van der Waals surface area (Å²) in [5.74, 6) is -2.52. The van der Waals surface area contributed by atoms with Crippen molar-refractivity contribution in [2.75, 3.05) is 25.1 Å². The van der Waals surface area contributed by atoms with Gasteiger partial charge in [0, 0.05) is 43.8 Å². The fraction of sp³-hybridized carbons (Fsp3) is 0.207. The van der Waals surface area contributed by atoms with Crippen LogP contribution in [0.2, 0.25) is 0 Å². The van der Waals surface area contributed by atoms with Crippen molar-refractivity contribution in [1.29, 1.82) is 0 Å². The van der Waals surface area contributed by atoms with Crippen molar-refractivity contribution in [3.8, 4) is 17.2 Å². The van der Waals surface area contributed by atoms with E-state index in [1.54, 1.807) is 6.92 Å². The number of pyridine rings is 1. The number of carbonyl (C=O) groups is 2. The number of benzene rings is 2. The van der Waals surface area contributed by atoms with Crippen LogP contribution >= 0.6 is 0 Å². The lowest BCUT2D eigenvalue weighted by molar-refractivity contribution is -0.129. The molecular weight excluding hydrogens is 550 g/mol. The molecule has 4 rings (SSSR count). The molecule has 2 aromatic carbocycles. The third kappa shape index (κ3) is 6.86. The summed E-state index contributed by atoms with van der Waals surface area (Å²) in [6, 6.07) is 9.57. The highest BCUT2D eigenvalue weighted by Crippen LogP contribution is 2.30. The van der Waals surface area contributed by atoms with Gasteiger partial charge in [-0.25, -0.2) is 23.1 Å². The molecule has 0 atom stereocenters. The largest absolute Gasteiger partial charge is 0.454 e. The van der Waals surface area contributed by atoms with E-state index in [0.717, 1.165) is 29.0 Å². The van der Waals surface area contributed by atoms with Crippen LogP contribution in [0.4, 0.5) is 20.3 Å². The number of nitrogens with zero attached hydrogens (tertiary/aromatic N) is 4. The molecule has 0 saturated carbocycles. The number of aromatic nitrogens is 3. The second-order valence-electron chi connectivity index (χ2n) is 8.88. The van der Waals surface area contributed by atoms with E-state index in [9.17, 15) is 28.0 Å². The maximum absolute atomic E-state index is 14.8. The van der Waals surface area contributed by atoms with Gasteiger partial charge in [-0.1, -0.05) is 13.8 Å². The average Bonchev–Trinajstić information content (AvgIpc) is 2.96. The van der Waals surface area contributed by atoms with Crippen LogP contribution in [0.3, 0.4) is 0 Å². The molecule has 13 heteroatoms. The van der Waals surface area contributed by atoms with Crippen molar-refractivity contribution < 1.29 is 23.1 Å². The van der Waals surface area contributed by atoms with Gasteiger partial charge in [-0.15, -0.1) is 0 Å². The van der Waals surface area contributed by atoms with E-state index in [-0.39, 0.29) is 22.9 Å². The van der Waals surface area contributed by atoms with Gasteiger partial charge in [-0.05, 0) is 49.4 Å². The lowest BCUT2D eigenvalue weighted by atomic mass is 10.2. The minimum Gasteiger partial charge on any atom is -0.454 e. The molecular formula is C29H30F2N6O5. The van der Waals surface area contributed by atoms with E-state index in [1.807, 2.05) is 13.8 Å². The maximum Gasteiger partial charge on any atom is 0.336 e. The molecule has 0 aliphatic heterocycles. The molecule has 2 heterocycles. The molecule has 0 fully saturated rings. The van der Waals surface area contributed by atoms with Crippen LogP contribution in [0.15, 0.2) is 70.5 Å². The van der Waals surface area contributed by atoms with Gasteiger partial charge in [0.2, 0.25) is 5.91 Å². The molecule has 3 N–H and O–H groups in total. The summed E-state index contributed by atoms with van der Waals surface area (Å²) in [4.78, 5) is 57.0. The van der Waals surface area contributed by atoms with E-state index in [2.05, 4.69) is 10.3 Å². The van der Waals surface area contributed by atoms with Gasteiger partial charge in [-0.2, -0.15) is 0 Å². The minimum absolute atomic E-state index is 0.0170. The first-order valence-corrected chi connectivity index (χ1v) is 12.8. The van der Waals surface area contributed by atoms with Crippen LogP contribution in [0.5, 0.6) is 11.5 Å². The molecule has 0 aliphatic carbocycles. The summed E-state index contributed by atoms with van der Waals surface area (Å²) in [5.41, 5.74) is 3.79. The fourth-order valence-electron chi connectivity index (χ4n) is 3.60. The number of anilines is 2. The monoisotopic (exact) mass is 580 g/mol. The number of nitrogen functional groups attached to an aromatic ring is 1. The minimum atomic E-state index is -1.02. The first-order valence-electron chi connectivity index (χ1n) is 12.8. The maximum atomic E-state index is 14.8. The Balaban J connectivity index is 0.00000237. The van der Waals surface area contributed by atoms with Crippen molar-refractivity contribution >= 4 is 23.3 Å². The molecule has 2 aromatic heterocycles. The topological polar surface area (TPSA) is 142 Å². The fourth-order valence-corrected chi connectivity index (χ4v) is 3.60. The molecule has 0 radical (unpaired) electrons. The van der Waals surface area contributed by atoms with Crippen molar-refractivity contribution in [3.05, 3.63) is 105 Å². The normalized spacial score (nSPS) is 10.4. The van der Waals surface area contributed by atoms with E-state index in [0.29, 0.717) is 15.9 Å². The number of nitrogens with one attached hydrogen (secondary N) is 1. The number of amides is 2. The number of hydrogen-bond donors (Lipinski definition) is 2. The Labute approximate surface area is 239 Å².